The Kier molecular flexibility index (Phi) is 3.78. The number of anilines is 1. The summed E-state index contributed by atoms with van der Waals surface area (Å²) in [5.41, 5.74) is 6.78. The number of rotatable bonds is 3. The van der Waals surface area contributed by atoms with Crippen molar-refractivity contribution in [2.75, 3.05) is 18.0 Å². The minimum absolute atomic E-state index is 0.156. The van der Waals surface area contributed by atoms with Crippen molar-refractivity contribution >= 4 is 5.69 Å². The molecule has 0 amide bonds. The highest BCUT2D eigenvalue weighted by Gasteiger charge is 2.17. The topological polar surface area (TPSA) is 38.5 Å². The average molecular weight is 242 g/mol. The summed E-state index contributed by atoms with van der Waals surface area (Å²) < 4.78 is 28.6. The van der Waals surface area contributed by atoms with Crippen molar-refractivity contribution in [2.45, 2.75) is 25.5 Å². The second-order valence-electron chi connectivity index (χ2n) is 4.22. The summed E-state index contributed by atoms with van der Waals surface area (Å²) in [6.07, 6.45) is 2.05. The summed E-state index contributed by atoms with van der Waals surface area (Å²) in [5, 5.41) is 0. The summed E-state index contributed by atoms with van der Waals surface area (Å²) in [7, 11) is 0. The Morgan fingerprint density at radius 2 is 2.24 bits per heavy atom. The molecule has 2 rings (SSSR count). The highest BCUT2D eigenvalue weighted by Crippen LogP contribution is 2.24. The van der Waals surface area contributed by atoms with E-state index in [4.69, 9.17) is 5.73 Å². The van der Waals surface area contributed by atoms with E-state index in [2.05, 4.69) is 9.64 Å². The lowest BCUT2D eigenvalue weighted by Crippen LogP contribution is -2.42. The van der Waals surface area contributed by atoms with Crippen LogP contribution in [-0.4, -0.2) is 25.7 Å². The van der Waals surface area contributed by atoms with E-state index in [0.29, 0.717) is 0 Å². The molecule has 1 aliphatic rings. The standard InChI is InChI=1S/C12H16F2N2O/c13-12(14)17-11-5-1-4-10(7-11)16-6-2-3-9(15)8-16/h1,4-5,7,9,12H,2-3,6,8,15H2. The van der Waals surface area contributed by atoms with Crippen molar-refractivity contribution in [1.82, 2.24) is 0 Å². The van der Waals surface area contributed by atoms with Crippen LogP contribution in [0.15, 0.2) is 24.3 Å². The number of alkyl halides is 2. The van der Waals surface area contributed by atoms with E-state index in [9.17, 15) is 8.78 Å². The van der Waals surface area contributed by atoms with Crippen molar-refractivity contribution in [3.05, 3.63) is 24.3 Å². The Morgan fingerprint density at radius 1 is 1.41 bits per heavy atom. The molecule has 0 bridgehead atoms. The predicted octanol–water partition coefficient (Wildman–Crippen LogP) is 2.22. The summed E-state index contributed by atoms with van der Waals surface area (Å²) >= 11 is 0. The third-order valence-corrected chi connectivity index (χ3v) is 2.87. The molecule has 1 saturated heterocycles. The molecule has 1 unspecified atom stereocenters. The van der Waals surface area contributed by atoms with E-state index < -0.39 is 6.61 Å². The Morgan fingerprint density at radius 3 is 2.94 bits per heavy atom. The fourth-order valence-corrected chi connectivity index (χ4v) is 2.10. The van der Waals surface area contributed by atoms with Gasteiger partial charge in [0.1, 0.15) is 5.75 Å². The molecule has 2 N–H and O–H groups in total. The van der Waals surface area contributed by atoms with Gasteiger partial charge in [0.05, 0.1) is 0 Å². The van der Waals surface area contributed by atoms with Crippen LogP contribution in [0.25, 0.3) is 0 Å². The summed E-state index contributed by atoms with van der Waals surface area (Å²) in [6, 6.07) is 6.91. The Hall–Kier alpha value is -1.36. The summed E-state index contributed by atoms with van der Waals surface area (Å²) in [6.45, 7) is -1.11. The quantitative estimate of drug-likeness (QED) is 0.883. The van der Waals surface area contributed by atoms with Gasteiger partial charge in [0.2, 0.25) is 0 Å². The number of piperidine rings is 1. The van der Waals surface area contributed by atoms with Gasteiger partial charge in [0.15, 0.2) is 0 Å². The second-order valence-corrected chi connectivity index (χ2v) is 4.22. The van der Waals surface area contributed by atoms with Crippen LogP contribution in [0, 0.1) is 0 Å². The summed E-state index contributed by atoms with van der Waals surface area (Å²) in [4.78, 5) is 2.10. The first-order chi connectivity index (χ1) is 8.15. The van der Waals surface area contributed by atoms with E-state index in [1.54, 1.807) is 12.1 Å². The number of nitrogens with zero attached hydrogens (tertiary/aromatic N) is 1. The minimum Gasteiger partial charge on any atom is -0.435 e. The van der Waals surface area contributed by atoms with Crippen molar-refractivity contribution in [2.24, 2.45) is 5.73 Å². The molecule has 0 saturated carbocycles. The third-order valence-electron chi connectivity index (χ3n) is 2.87. The first-order valence-corrected chi connectivity index (χ1v) is 5.70. The van der Waals surface area contributed by atoms with Crippen molar-refractivity contribution in [3.8, 4) is 5.75 Å². The van der Waals surface area contributed by atoms with Gasteiger partial charge < -0.3 is 15.4 Å². The maximum Gasteiger partial charge on any atom is 0.387 e. The van der Waals surface area contributed by atoms with Crippen LogP contribution in [0.2, 0.25) is 0 Å². The number of nitrogens with two attached hydrogens (primary N) is 1. The molecule has 1 heterocycles. The highest BCUT2D eigenvalue weighted by molar-refractivity contribution is 5.51. The molecule has 0 spiro atoms. The molecular formula is C12H16F2N2O. The van der Waals surface area contributed by atoms with Gasteiger partial charge in [-0.05, 0) is 25.0 Å². The molecule has 1 atom stereocenters. The van der Waals surface area contributed by atoms with E-state index in [1.807, 2.05) is 6.07 Å². The number of benzene rings is 1. The van der Waals surface area contributed by atoms with Crippen molar-refractivity contribution in [1.29, 1.82) is 0 Å². The molecule has 1 aromatic rings. The zero-order valence-electron chi connectivity index (χ0n) is 9.48. The maximum atomic E-state index is 12.1. The van der Waals surface area contributed by atoms with Gasteiger partial charge in [0.25, 0.3) is 0 Å². The Bertz CT molecular complexity index is 373. The fourth-order valence-electron chi connectivity index (χ4n) is 2.10. The van der Waals surface area contributed by atoms with Crippen LogP contribution >= 0.6 is 0 Å². The van der Waals surface area contributed by atoms with Crippen molar-refractivity contribution in [3.63, 3.8) is 0 Å². The lowest BCUT2D eigenvalue weighted by Gasteiger charge is -2.32. The first-order valence-electron chi connectivity index (χ1n) is 5.70. The molecule has 0 radical (unpaired) electrons. The van der Waals surface area contributed by atoms with Gasteiger partial charge in [-0.2, -0.15) is 8.78 Å². The molecule has 94 valence electrons. The fraction of sp³-hybridized carbons (Fsp3) is 0.500. The third kappa shape index (κ3) is 3.30. The van der Waals surface area contributed by atoms with Crippen LogP contribution in [0.4, 0.5) is 14.5 Å². The van der Waals surface area contributed by atoms with Gasteiger partial charge in [-0.1, -0.05) is 6.07 Å². The van der Waals surface area contributed by atoms with Crippen LogP contribution < -0.4 is 15.4 Å². The van der Waals surface area contributed by atoms with Crippen LogP contribution in [0.5, 0.6) is 5.75 Å². The lowest BCUT2D eigenvalue weighted by molar-refractivity contribution is -0.0498. The van der Waals surface area contributed by atoms with Crippen LogP contribution in [0.3, 0.4) is 0 Å². The molecule has 1 aliphatic heterocycles. The van der Waals surface area contributed by atoms with E-state index in [1.165, 1.54) is 6.07 Å². The molecule has 0 aromatic heterocycles. The Labute approximate surface area is 99.2 Å². The number of hydrogen-bond donors (Lipinski definition) is 1. The van der Waals surface area contributed by atoms with E-state index in [-0.39, 0.29) is 11.8 Å². The zero-order valence-corrected chi connectivity index (χ0v) is 9.48. The molecule has 3 nitrogen and oxygen atoms in total. The van der Waals surface area contributed by atoms with E-state index >= 15 is 0 Å². The van der Waals surface area contributed by atoms with Gasteiger partial charge in [-0.15, -0.1) is 0 Å². The number of hydrogen-bond acceptors (Lipinski definition) is 3. The van der Waals surface area contributed by atoms with Crippen LogP contribution in [-0.2, 0) is 0 Å². The average Bonchev–Trinajstić information content (AvgIpc) is 2.28. The van der Waals surface area contributed by atoms with Gasteiger partial charge in [-0.25, -0.2) is 0 Å². The monoisotopic (exact) mass is 242 g/mol. The predicted molar refractivity (Wildman–Crippen MR) is 62.5 cm³/mol. The number of ether oxygens (including phenoxy) is 1. The van der Waals surface area contributed by atoms with Crippen molar-refractivity contribution < 1.29 is 13.5 Å². The zero-order chi connectivity index (χ0) is 12.3. The lowest BCUT2D eigenvalue weighted by atomic mass is 10.1. The number of halogens is 2. The summed E-state index contributed by atoms with van der Waals surface area (Å²) in [5.74, 6) is 0.191. The van der Waals surface area contributed by atoms with Gasteiger partial charge in [0, 0.05) is 30.9 Å². The smallest absolute Gasteiger partial charge is 0.387 e. The minimum atomic E-state index is -2.78. The Balaban J connectivity index is 2.09. The highest BCUT2D eigenvalue weighted by atomic mass is 19.3. The SMILES string of the molecule is NC1CCCN(c2cccc(OC(F)F)c2)C1. The van der Waals surface area contributed by atoms with Crippen LogP contribution in [0.1, 0.15) is 12.8 Å². The maximum absolute atomic E-state index is 12.1. The molecule has 0 aliphatic carbocycles. The normalized spacial score (nSPS) is 20.7. The molecule has 17 heavy (non-hydrogen) atoms. The molecular weight excluding hydrogens is 226 g/mol. The van der Waals surface area contributed by atoms with Gasteiger partial charge in [-0.3, -0.25) is 0 Å². The second kappa shape index (κ2) is 5.31. The molecule has 5 heteroatoms. The molecule has 1 fully saturated rings. The van der Waals surface area contributed by atoms with E-state index in [0.717, 1.165) is 31.6 Å². The first kappa shape index (κ1) is 12.1. The van der Waals surface area contributed by atoms with Gasteiger partial charge >= 0.3 is 6.61 Å². The molecule has 1 aromatic carbocycles. The largest absolute Gasteiger partial charge is 0.435 e.